The van der Waals surface area contributed by atoms with Crippen molar-refractivity contribution in [2.45, 2.75) is 39.2 Å². The van der Waals surface area contributed by atoms with Crippen LogP contribution in [0.3, 0.4) is 0 Å². The van der Waals surface area contributed by atoms with E-state index in [4.69, 9.17) is 5.11 Å². The molecule has 0 spiro atoms. The first-order chi connectivity index (χ1) is 9.06. The van der Waals surface area contributed by atoms with Crippen LogP contribution in [0.1, 0.15) is 33.1 Å². The first-order valence-electron chi connectivity index (χ1n) is 7.04. The molecule has 1 atom stereocenters. The van der Waals surface area contributed by atoms with Gasteiger partial charge in [-0.1, -0.05) is 6.92 Å². The largest absolute Gasteiger partial charge is 0.481 e. The van der Waals surface area contributed by atoms with Gasteiger partial charge in [-0.05, 0) is 39.3 Å². The number of carbonyl (C=O) groups is 2. The SMILES string of the molecule is CCN(C(=O)NCCC(C)C(=O)O)C1CCNCC1. The van der Waals surface area contributed by atoms with Gasteiger partial charge in [-0.2, -0.15) is 0 Å². The number of nitrogens with zero attached hydrogens (tertiary/aromatic N) is 1. The molecule has 0 bridgehead atoms. The molecule has 1 fully saturated rings. The van der Waals surface area contributed by atoms with E-state index in [1.807, 2.05) is 11.8 Å². The quantitative estimate of drug-likeness (QED) is 0.670. The highest BCUT2D eigenvalue weighted by Gasteiger charge is 2.23. The van der Waals surface area contributed by atoms with Crippen molar-refractivity contribution in [3.05, 3.63) is 0 Å². The minimum Gasteiger partial charge on any atom is -0.481 e. The molecule has 0 aromatic heterocycles. The third-order valence-corrected chi connectivity index (χ3v) is 3.63. The summed E-state index contributed by atoms with van der Waals surface area (Å²) in [5, 5.41) is 14.9. The summed E-state index contributed by atoms with van der Waals surface area (Å²) in [6.45, 7) is 6.62. The van der Waals surface area contributed by atoms with Gasteiger partial charge in [0.25, 0.3) is 0 Å². The molecule has 2 amide bonds. The number of hydrogen-bond acceptors (Lipinski definition) is 3. The first kappa shape index (κ1) is 15.8. The van der Waals surface area contributed by atoms with E-state index in [0.29, 0.717) is 25.6 Å². The summed E-state index contributed by atoms with van der Waals surface area (Å²) in [4.78, 5) is 24.6. The zero-order valence-electron chi connectivity index (χ0n) is 11.8. The standard InChI is InChI=1S/C13H25N3O3/c1-3-16(11-5-7-14-8-6-11)13(19)15-9-4-10(2)12(17)18/h10-11,14H,3-9H2,1-2H3,(H,15,19)(H,17,18). The second-order valence-corrected chi connectivity index (χ2v) is 5.03. The Morgan fingerprint density at radius 3 is 2.58 bits per heavy atom. The molecule has 110 valence electrons. The monoisotopic (exact) mass is 271 g/mol. The third-order valence-electron chi connectivity index (χ3n) is 3.63. The lowest BCUT2D eigenvalue weighted by Crippen LogP contribution is -2.50. The Kier molecular flexibility index (Phi) is 6.62. The van der Waals surface area contributed by atoms with E-state index < -0.39 is 11.9 Å². The van der Waals surface area contributed by atoms with Gasteiger partial charge < -0.3 is 20.6 Å². The van der Waals surface area contributed by atoms with Crippen LogP contribution in [-0.4, -0.2) is 54.2 Å². The van der Waals surface area contributed by atoms with Crippen molar-refractivity contribution in [2.24, 2.45) is 5.92 Å². The van der Waals surface area contributed by atoms with Gasteiger partial charge in [-0.25, -0.2) is 4.79 Å². The molecule has 6 nitrogen and oxygen atoms in total. The lowest BCUT2D eigenvalue weighted by atomic mass is 10.1. The Balaban J connectivity index is 2.34. The van der Waals surface area contributed by atoms with Gasteiger partial charge in [0.05, 0.1) is 5.92 Å². The third kappa shape index (κ3) is 5.06. The Morgan fingerprint density at radius 1 is 1.42 bits per heavy atom. The lowest BCUT2D eigenvalue weighted by molar-refractivity contribution is -0.141. The average molecular weight is 271 g/mol. The smallest absolute Gasteiger partial charge is 0.317 e. The minimum atomic E-state index is -0.819. The van der Waals surface area contributed by atoms with Crippen LogP contribution in [0.2, 0.25) is 0 Å². The average Bonchev–Trinajstić information content (AvgIpc) is 2.40. The molecule has 19 heavy (non-hydrogen) atoms. The molecule has 0 aliphatic carbocycles. The molecule has 6 heteroatoms. The molecule has 1 aliphatic heterocycles. The fourth-order valence-corrected chi connectivity index (χ4v) is 2.31. The van der Waals surface area contributed by atoms with Gasteiger partial charge in [-0.15, -0.1) is 0 Å². The fraction of sp³-hybridized carbons (Fsp3) is 0.846. The number of rotatable bonds is 6. The molecule has 1 rings (SSSR count). The lowest BCUT2D eigenvalue weighted by Gasteiger charge is -2.34. The van der Waals surface area contributed by atoms with E-state index in [-0.39, 0.29) is 6.03 Å². The number of carbonyl (C=O) groups excluding carboxylic acids is 1. The van der Waals surface area contributed by atoms with Crippen LogP contribution >= 0.6 is 0 Å². The molecule has 1 saturated heterocycles. The van der Waals surface area contributed by atoms with Crippen LogP contribution in [-0.2, 0) is 4.79 Å². The molecular weight excluding hydrogens is 246 g/mol. The molecule has 3 N–H and O–H groups in total. The predicted octanol–water partition coefficient (Wildman–Crippen LogP) is 0.881. The van der Waals surface area contributed by atoms with Gasteiger partial charge >= 0.3 is 12.0 Å². The number of aliphatic carboxylic acids is 1. The van der Waals surface area contributed by atoms with Crippen LogP contribution in [0, 0.1) is 5.92 Å². The van der Waals surface area contributed by atoms with E-state index in [1.165, 1.54) is 0 Å². The zero-order valence-corrected chi connectivity index (χ0v) is 11.8. The van der Waals surface area contributed by atoms with Crippen LogP contribution in [0.25, 0.3) is 0 Å². The summed E-state index contributed by atoms with van der Waals surface area (Å²) in [6, 6.07) is 0.218. The summed E-state index contributed by atoms with van der Waals surface area (Å²) in [5.41, 5.74) is 0. The number of nitrogens with one attached hydrogen (secondary N) is 2. The minimum absolute atomic E-state index is 0.0769. The van der Waals surface area contributed by atoms with E-state index in [0.717, 1.165) is 25.9 Å². The summed E-state index contributed by atoms with van der Waals surface area (Å²) < 4.78 is 0. The summed E-state index contributed by atoms with van der Waals surface area (Å²) in [5.74, 6) is -1.24. The van der Waals surface area contributed by atoms with Crippen molar-refractivity contribution in [3.8, 4) is 0 Å². The highest BCUT2D eigenvalue weighted by molar-refractivity contribution is 5.74. The van der Waals surface area contributed by atoms with Crippen LogP contribution in [0.5, 0.6) is 0 Å². The van der Waals surface area contributed by atoms with Crippen LogP contribution < -0.4 is 10.6 Å². The van der Waals surface area contributed by atoms with E-state index in [1.54, 1.807) is 6.92 Å². The number of carboxylic acids is 1. The number of carboxylic acid groups (broad SMARTS) is 1. The van der Waals surface area contributed by atoms with Crippen LogP contribution in [0.15, 0.2) is 0 Å². The number of piperidine rings is 1. The van der Waals surface area contributed by atoms with Crippen molar-refractivity contribution in [2.75, 3.05) is 26.2 Å². The predicted molar refractivity (Wildman–Crippen MR) is 73.1 cm³/mol. The second-order valence-electron chi connectivity index (χ2n) is 5.03. The van der Waals surface area contributed by atoms with Crippen molar-refractivity contribution in [1.82, 2.24) is 15.5 Å². The van der Waals surface area contributed by atoms with Gasteiger partial charge in [0, 0.05) is 19.1 Å². The number of hydrogen-bond donors (Lipinski definition) is 3. The topological polar surface area (TPSA) is 81.7 Å². The maximum absolute atomic E-state index is 12.1. The van der Waals surface area contributed by atoms with Gasteiger partial charge in [0.1, 0.15) is 0 Å². The maximum Gasteiger partial charge on any atom is 0.317 e. The molecule has 0 radical (unpaired) electrons. The number of urea groups is 1. The van der Waals surface area contributed by atoms with E-state index in [2.05, 4.69) is 10.6 Å². The van der Waals surface area contributed by atoms with Crippen molar-refractivity contribution >= 4 is 12.0 Å². The summed E-state index contributed by atoms with van der Waals surface area (Å²) in [7, 11) is 0. The molecule has 0 aromatic rings. The van der Waals surface area contributed by atoms with Gasteiger partial charge in [-0.3, -0.25) is 4.79 Å². The maximum atomic E-state index is 12.1. The van der Waals surface area contributed by atoms with Crippen molar-refractivity contribution in [1.29, 1.82) is 0 Å². The van der Waals surface area contributed by atoms with Gasteiger partial charge in [0.2, 0.25) is 0 Å². The Morgan fingerprint density at radius 2 is 2.05 bits per heavy atom. The molecule has 0 saturated carbocycles. The van der Waals surface area contributed by atoms with Gasteiger partial charge in [0.15, 0.2) is 0 Å². The van der Waals surface area contributed by atoms with Crippen molar-refractivity contribution < 1.29 is 14.7 Å². The molecule has 1 unspecified atom stereocenters. The van der Waals surface area contributed by atoms with E-state index >= 15 is 0 Å². The highest BCUT2D eigenvalue weighted by atomic mass is 16.4. The molecular formula is C13H25N3O3. The Labute approximate surface area is 114 Å². The van der Waals surface area contributed by atoms with E-state index in [9.17, 15) is 9.59 Å². The molecule has 0 aromatic carbocycles. The number of amides is 2. The fourth-order valence-electron chi connectivity index (χ4n) is 2.31. The van der Waals surface area contributed by atoms with Crippen LogP contribution in [0.4, 0.5) is 4.79 Å². The first-order valence-corrected chi connectivity index (χ1v) is 7.04. The molecule has 1 aliphatic rings. The summed E-state index contributed by atoms with van der Waals surface area (Å²) >= 11 is 0. The normalized spacial score (nSPS) is 17.8. The zero-order chi connectivity index (χ0) is 14.3. The highest BCUT2D eigenvalue weighted by Crippen LogP contribution is 2.11. The summed E-state index contributed by atoms with van der Waals surface area (Å²) in [6.07, 6.45) is 2.42. The Hall–Kier alpha value is -1.30. The van der Waals surface area contributed by atoms with Crippen molar-refractivity contribution in [3.63, 3.8) is 0 Å². The molecule has 1 heterocycles. The second kappa shape index (κ2) is 7.99. The Bertz CT molecular complexity index is 304.